The molecule has 1 heterocycles. The summed E-state index contributed by atoms with van der Waals surface area (Å²) < 4.78 is 43.4. The molecule has 1 aliphatic rings. The molecule has 0 atom stereocenters. The Morgan fingerprint density at radius 3 is 2.45 bits per heavy atom. The average Bonchev–Trinajstić information content (AvgIpc) is 2.75. The van der Waals surface area contributed by atoms with E-state index in [0.717, 1.165) is 11.6 Å². The number of carbonyl (C=O) groups is 1. The predicted molar refractivity (Wildman–Crippen MR) is 128 cm³/mol. The summed E-state index contributed by atoms with van der Waals surface area (Å²) in [5, 5.41) is 15.2. The van der Waals surface area contributed by atoms with Crippen molar-refractivity contribution >= 4 is 39.9 Å². The highest BCUT2D eigenvalue weighted by atomic mass is 127. The van der Waals surface area contributed by atoms with E-state index in [1.165, 1.54) is 18.2 Å². The molecule has 3 aromatic carbocycles. The number of anilines is 2. The fraction of sp³-hybridized carbons (Fsp3) is 0.208. The number of likely N-dealkylation sites (tertiary alicyclic amines) is 1. The number of nitrogens with zero attached hydrogens (tertiary/aromatic N) is 1. The number of amides is 1. The van der Waals surface area contributed by atoms with Gasteiger partial charge in [0.1, 0.15) is 11.6 Å². The second kappa shape index (κ2) is 10.0. The number of benzene rings is 3. The van der Waals surface area contributed by atoms with Crippen molar-refractivity contribution in [3.8, 4) is 5.75 Å². The van der Waals surface area contributed by atoms with Crippen LogP contribution in [0.15, 0.2) is 54.6 Å². The van der Waals surface area contributed by atoms with Crippen LogP contribution in [0.5, 0.6) is 5.75 Å². The number of aromatic hydroxyl groups is 1. The van der Waals surface area contributed by atoms with Crippen molar-refractivity contribution in [3.63, 3.8) is 0 Å². The van der Waals surface area contributed by atoms with Crippen molar-refractivity contribution in [2.75, 3.05) is 25.0 Å². The van der Waals surface area contributed by atoms with Gasteiger partial charge in [0.15, 0.2) is 11.6 Å². The molecule has 3 aromatic rings. The van der Waals surface area contributed by atoms with Crippen LogP contribution in [0.3, 0.4) is 0 Å². The zero-order valence-corrected chi connectivity index (χ0v) is 19.6. The number of rotatable bonds is 7. The third-order valence-corrected chi connectivity index (χ3v) is 6.13. The number of hydrogen-bond acceptors (Lipinski definition) is 4. The standard InChI is InChI=1S/C24H21F3IN3O2/c25-19-7-6-18(23(22(19)27)30-21-8-3-16(28)9-20(21)26)24(33)31-12-15(13-31)11-29-10-14-1-4-17(32)5-2-14/h1-9,15,29-30,32H,10-13H2. The molecule has 0 bridgehead atoms. The summed E-state index contributed by atoms with van der Waals surface area (Å²) in [6.07, 6.45) is 0. The van der Waals surface area contributed by atoms with E-state index >= 15 is 0 Å². The molecular formula is C24H21F3IN3O2. The van der Waals surface area contributed by atoms with Gasteiger partial charge in [0.2, 0.25) is 0 Å². The molecule has 0 aromatic heterocycles. The Morgan fingerprint density at radius 1 is 1.03 bits per heavy atom. The van der Waals surface area contributed by atoms with Gasteiger partial charge in [0, 0.05) is 35.7 Å². The summed E-state index contributed by atoms with van der Waals surface area (Å²) in [6, 6.07) is 13.3. The van der Waals surface area contributed by atoms with Crippen LogP contribution in [0.4, 0.5) is 24.5 Å². The number of carbonyl (C=O) groups excluding carboxylic acids is 1. The van der Waals surface area contributed by atoms with Crippen molar-refractivity contribution in [1.29, 1.82) is 0 Å². The fourth-order valence-electron chi connectivity index (χ4n) is 3.65. The molecule has 5 nitrogen and oxygen atoms in total. The Bertz CT molecular complexity index is 1170. The lowest BCUT2D eigenvalue weighted by atomic mass is 9.98. The predicted octanol–water partition coefficient (Wildman–Crippen LogP) is 5.02. The third kappa shape index (κ3) is 5.41. The van der Waals surface area contributed by atoms with Crippen LogP contribution in [0.25, 0.3) is 0 Å². The van der Waals surface area contributed by atoms with E-state index in [0.29, 0.717) is 29.7 Å². The van der Waals surface area contributed by atoms with E-state index in [4.69, 9.17) is 0 Å². The molecule has 1 aliphatic heterocycles. The van der Waals surface area contributed by atoms with Gasteiger partial charge in [-0.1, -0.05) is 12.1 Å². The molecule has 1 saturated heterocycles. The van der Waals surface area contributed by atoms with Crippen molar-refractivity contribution in [3.05, 3.63) is 86.7 Å². The van der Waals surface area contributed by atoms with Gasteiger partial charge in [0.25, 0.3) is 5.91 Å². The Labute approximate surface area is 202 Å². The molecule has 0 aliphatic carbocycles. The fourth-order valence-corrected chi connectivity index (χ4v) is 4.10. The highest BCUT2D eigenvalue weighted by molar-refractivity contribution is 14.1. The van der Waals surface area contributed by atoms with Gasteiger partial charge >= 0.3 is 0 Å². The lowest BCUT2D eigenvalue weighted by Gasteiger charge is -2.39. The first kappa shape index (κ1) is 23.4. The highest BCUT2D eigenvalue weighted by Gasteiger charge is 2.33. The van der Waals surface area contributed by atoms with Crippen molar-refractivity contribution in [2.24, 2.45) is 5.92 Å². The molecule has 33 heavy (non-hydrogen) atoms. The van der Waals surface area contributed by atoms with Gasteiger partial charge in [-0.3, -0.25) is 4.79 Å². The molecule has 0 unspecified atom stereocenters. The number of phenolic OH excluding ortho intramolecular Hbond substituents is 1. The third-order valence-electron chi connectivity index (χ3n) is 5.46. The minimum Gasteiger partial charge on any atom is -0.508 e. The first-order chi connectivity index (χ1) is 15.8. The van der Waals surface area contributed by atoms with Crippen LogP contribution in [-0.2, 0) is 6.54 Å². The van der Waals surface area contributed by atoms with E-state index in [9.17, 15) is 23.1 Å². The number of hydrogen-bond donors (Lipinski definition) is 3. The molecule has 0 saturated carbocycles. The molecule has 3 N–H and O–H groups in total. The maximum Gasteiger partial charge on any atom is 0.256 e. The maximum absolute atomic E-state index is 14.6. The largest absolute Gasteiger partial charge is 0.508 e. The SMILES string of the molecule is O=C(c1ccc(F)c(F)c1Nc1ccc(I)cc1F)N1CC(CNCc2ccc(O)cc2)C1. The number of nitrogens with one attached hydrogen (secondary N) is 2. The quantitative estimate of drug-likeness (QED) is 0.351. The number of halogens is 4. The average molecular weight is 567 g/mol. The van der Waals surface area contributed by atoms with Gasteiger partial charge in [-0.25, -0.2) is 13.2 Å². The topological polar surface area (TPSA) is 64.6 Å². The van der Waals surface area contributed by atoms with E-state index in [1.807, 2.05) is 34.7 Å². The van der Waals surface area contributed by atoms with Gasteiger partial charge in [-0.15, -0.1) is 0 Å². The molecule has 4 rings (SSSR count). The van der Waals surface area contributed by atoms with Crippen LogP contribution >= 0.6 is 22.6 Å². The van der Waals surface area contributed by atoms with Crippen molar-refractivity contribution in [2.45, 2.75) is 6.54 Å². The zero-order valence-electron chi connectivity index (χ0n) is 17.4. The highest BCUT2D eigenvalue weighted by Crippen LogP contribution is 2.31. The zero-order chi connectivity index (χ0) is 23.5. The molecule has 1 fully saturated rings. The summed E-state index contributed by atoms with van der Waals surface area (Å²) in [5.74, 6) is -3.00. The summed E-state index contributed by atoms with van der Waals surface area (Å²) in [4.78, 5) is 14.5. The molecule has 9 heteroatoms. The maximum atomic E-state index is 14.6. The second-order valence-electron chi connectivity index (χ2n) is 7.91. The second-order valence-corrected chi connectivity index (χ2v) is 9.15. The first-order valence-electron chi connectivity index (χ1n) is 10.3. The lowest BCUT2D eigenvalue weighted by Crippen LogP contribution is -2.53. The summed E-state index contributed by atoms with van der Waals surface area (Å²) in [7, 11) is 0. The van der Waals surface area contributed by atoms with Gasteiger partial charge < -0.3 is 20.6 Å². The van der Waals surface area contributed by atoms with Crippen LogP contribution in [-0.4, -0.2) is 35.5 Å². The minimum absolute atomic E-state index is 0.0473. The van der Waals surface area contributed by atoms with Crippen LogP contribution in [0.2, 0.25) is 0 Å². The van der Waals surface area contributed by atoms with Crippen LogP contribution < -0.4 is 10.6 Å². The molecule has 1 amide bonds. The normalized spacial score (nSPS) is 13.6. The van der Waals surface area contributed by atoms with Gasteiger partial charge in [0.05, 0.1) is 16.9 Å². The minimum atomic E-state index is -1.23. The lowest BCUT2D eigenvalue weighted by molar-refractivity contribution is 0.0501. The Balaban J connectivity index is 1.39. The molecular weight excluding hydrogens is 546 g/mol. The summed E-state index contributed by atoms with van der Waals surface area (Å²) in [6.45, 7) is 2.25. The van der Waals surface area contributed by atoms with E-state index < -0.39 is 23.4 Å². The molecule has 172 valence electrons. The Kier molecular flexibility index (Phi) is 7.08. The van der Waals surface area contributed by atoms with E-state index in [1.54, 1.807) is 23.1 Å². The molecule has 0 radical (unpaired) electrons. The molecule has 0 spiro atoms. The Hall–Kier alpha value is -2.79. The van der Waals surface area contributed by atoms with Crippen molar-refractivity contribution < 1.29 is 23.1 Å². The van der Waals surface area contributed by atoms with Crippen LogP contribution in [0.1, 0.15) is 15.9 Å². The van der Waals surface area contributed by atoms with Gasteiger partial charge in [-0.2, -0.15) is 0 Å². The monoisotopic (exact) mass is 567 g/mol. The van der Waals surface area contributed by atoms with Crippen molar-refractivity contribution in [1.82, 2.24) is 10.2 Å². The first-order valence-corrected chi connectivity index (χ1v) is 11.4. The summed E-state index contributed by atoms with van der Waals surface area (Å²) >= 11 is 1.94. The van der Waals surface area contributed by atoms with Crippen LogP contribution in [0, 0.1) is 26.9 Å². The van der Waals surface area contributed by atoms with Gasteiger partial charge in [-0.05, 0) is 70.6 Å². The van der Waals surface area contributed by atoms with E-state index in [-0.39, 0.29) is 28.6 Å². The smallest absolute Gasteiger partial charge is 0.256 e. The van der Waals surface area contributed by atoms with E-state index in [2.05, 4.69) is 10.6 Å². The Morgan fingerprint density at radius 2 is 1.76 bits per heavy atom. The summed E-state index contributed by atoms with van der Waals surface area (Å²) in [5.41, 5.74) is 0.547. The number of phenols is 1.